The van der Waals surface area contributed by atoms with Crippen LogP contribution in [0.5, 0.6) is 0 Å². The fraction of sp³-hybridized carbons (Fsp3) is 0.538. The Labute approximate surface area is 128 Å². The second kappa shape index (κ2) is 4.86. The molecule has 2 N–H and O–H groups in total. The van der Waals surface area contributed by atoms with E-state index in [-0.39, 0.29) is 23.0 Å². The summed E-state index contributed by atoms with van der Waals surface area (Å²) in [6.07, 6.45) is 1.55. The summed E-state index contributed by atoms with van der Waals surface area (Å²) in [5, 5.41) is 7.36. The molecular formula is C13H19BN6O2. The molecule has 3 heterocycles. The average Bonchev–Trinajstić information content (AvgIpc) is 2.81. The van der Waals surface area contributed by atoms with Gasteiger partial charge in [0.05, 0.1) is 17.7 Å². The highest BCUT2D eigenvalue weighted by molar-refractivity contribution is 6.13. The fourth-order valence-corrected chi connectivity index (χ4v) is 2.60. The first-order chi connectivity index (χ1) is 10.3. The van der Waals surface area contributed by atoms with Crippen LogP contribution in [0.15, 0.2) is 11.0 Å². The highest BCUT2D eigenvalue weighted by Crippen LogP contribution is 2.25. The van der Waals surface area contributed by atoms with Crippen LogP contribution in [0, 0.1) is 0 Å². The zero-order chi connectivity index (χ0) is 16.1. The van der Waals surface area contributed by atoms with Crippen molar-refractivity contribution in [1.29, 1.82) is 0 Å². The molecule has 0 unspecified atom stereocenters. The number of H-pyrrole nitrogens is 1. The van der Waals surface area contributed by atoms with Gasteiger partial charge >= 0.3 is 6.03 Å². The third kappa shape index (κ3) is 2.26. The molecule has 0 aromatic carbocycles. The Kier molecular flexibility index (Phi) is 3.23. The quantitative estimate of drug-likeness (QED) is 0.696. The fourth-order valence-electron chi connectivity index (χ4n) is 2.60. The van der Waals surface area contributed by atoms with Crippen LogP contribution in [0.2, 0.25) is 0 Å². The molecule has 0 saturated carbocycles. The molecule has 2 aromatic rings. The normalized spacial score (nSPS) is 15.9. The number of carbonyl (C=O) groups excluding carboxylic acids is 1. The lowest BCUT2D eigenvalue weighted by Crippen LogP contribution is -2.52. The van der Waals surface area contributed by atoms with Crippen molar-refractivity contribution in [2.45, 2.75) is 32.2 Å². The molecule has 1 saturated heterocycles. The van der Waals surface area contributed by atoms with E-state index in [1.807, 2.05) is 20.8 Å². The molecule has 1 aliphatic rings. The van der Waals surface area contributed by atoms with Crippen LogP contribution in [0.4, 0.5) is 4.79 Å². The molecule has 9 heteroatoms. The number of hydrogen-bond acceptors (Lipinski definition) is 4. The standard InChI is InChI=1S/C13H19BN6O2/c1-13(2,3)20-10-8(4-15-20)11(21)17-9(16-10)7-5-19(6-7)12(22)18-14/h4,7H,5-6,14H2,1-3H3,(H,18,22)(H,16,17,21). The average molecular weight is 302 g/mol. The van der Waals surface area contributed by atoms with Crippen LogP contribution >= 0.6 is 0 Å². The molecule has 2 amide bonds. The Morgan fingerprint density at radius 1 is 1.45 bits per heavy atom. The molecule has 8 nitrogen and oxygen atoms in total. The first-order valence-electron chi connectivity index (χ1n) is 7.26. The Hall–Kier alpha value is -2.32. The van der Waals surface area contributed by atoms with Gasteiger partial charge in [0.1, 0.15) is 11.2 Å². The summed E-state index contributed by atoms with van der Waals surface area (Å²) in [6, 6.07) is -0.112. The number of amides is 2. The van der Waals surface area contributed by atoms with Crippen molar-refractivity contribution in [3.05, 3.63) is 22.4 Å². The summed E-state index contributed by atoms with van der Waals surface area (Å²) in [5.41, 5.74) is 0.145. The van der Waals surface area contributed by atoms with Gasteiger partial charge in [-0.3, -0.25) is 9.59 Å². The molecule has 3 rings (SSSR count). The zero-order valence-corrected chi connectivity index (χ0v) is 13.2. The molecule has 116 valence electrons. The van der Waals surface area contributed by atoms with E-state index in [2.05, 4.69) is 20.3 Å². The maximum atomic E-state index is 12.2. The van der Waals surface area contributed by atoms with E-state index in [1.54, 1.807) is 23.8 Å². The SMILES string of the molecule is BNC(=O)N1CC(c2nc3c(cnn3C(C)(C)C)c(=O)[nH]2)C1. The lowest BCUT2D eigenvalue weighted by molar-refractivity contribution is 0.153. The monoisotopic (exact) mass is 302 g/mol. The van der Waals surface area contributed by atoms with Gasteiger partial charge in [-0.1, -0.05) is 0 Å². The van der Waals surface area contributed by atoms with E-state index in [1.165, 1.54) is 0 Å². The Bertz CT molecular complexity index is 784. The second-order valence-corrected chi connectivity index (χ2v) is 6.57. The number of rotatable bonds is 1. The van der Waals surface area contributed by atoms with Crippen LogP contribution < -0.4 is 10.8 Å². The Morgan fingerprint density at radius 2 is 2.14 bits per heavy atom. The van der Waals surface area contributed by atoms with Crippen molar-refractivity contribution < 1.29 is 4.79 Å². The minimum absolute atomic E-state index is 0.0534. The summed E-state index contributed by atoms with van der Waals surface area (Å²) in [5.74, 6) is 0.668. The van der Waals surface area contributed by atoms with Crippen LogP contribution in [-0.4, -0.2) is 51.8 Å². The summed E-state index contributed by atoms with van der Waals surface area (Å²) in [6.45, 7) is 7.14. The minimum Gasteiger partial charge on any atom is -0.388 e. The molecule has 1 fully saturated rings. The molecule has 22 heavy (non-hydrogen) atoms. The van der Waals surface area contributed by atoms with E-state index in [9.17, 15) is 9.59 Å². The van der Waals surface area contributed by atoms with Crippen molar-refractivity contribution in [1.82, 2.24) is 29.9 Å². The number of likely N-dealkylation sites (tertiary alicyclic amines) is 1. The van der Waals surface area contributed by atoms with Crippen molar-refractivity contribution in [3.63, 3.8) is 0 Å². The lowest BCUT2D eigenvalue weighted by atomic mass is 9.99. The van der Waals surface area contributed by atoms with Crippen molar-refractivity contribution in [2.75, 3.05) is 13.1 Å². The lowest BCUT2D eigenvalue weighted by Gasteiger charge is -2.38. The Morgan fingerprint density at radius 3 is 2.73 bits per heavy atom. The van der Waals surface area contributed by atoms with Gasteiger partial charge in [0.25, 0.3) is 5.56 Å². The number of nitrogens with zero attached hydrogens (tertiary/aromatic N) is 4. The molecular weight excluding hydrogens is 283 g/mol. The topological polar surface area (TPSA) is 95.9 Å². The van der Waals surface area contributed by atoms with E-state index < -0.39 is 0 Å². The van der Waals surface area contributed by atoms with Gasteiger partial charge in [-0.25, -0.2) is 9.67 Å². The highest BCUT2D eigenvalue weighted by Gasteiger charge is 2.33. The van der Waals surface area contributed by atoms with Gasteiger partial charge < -0.3 is 15.1 Å². The summed E-state index contributed by atoms with van der Waals surface area (Å²) >= 11 is 0. The molecule has 0 atom stereocenters. The number of urea groups is 1. The summed E-state index contributed by atoms with van der Waals surface area (Å²) in [7, 11) is 1.60. The van der Waals surface area contributed by atoms with Gasteiger partial charge in [0.2, 0.25) is 7.98 Å². The predicted molar refractivity (Wildman–Crippen MR) is 84.5 cm³/mol. The number of carbonyl (C=O) groups is 1. The first kappa shape index (κ1) is 14.6. The van der Waals surface area contributed by atoms with Gasteiger partial charge in [-0.05, 0) is 20.8 Å². The minimum atomic E-state index is -0.256. The Balaban J connectivity index is 1.96. The molecule has 2 aromatic heterocycles. The highest BCUT2D eigenvalue weighted by atomic mass is 16.2. The molecule has 1 aliphatic heterocycles. The number of aromatic nitrogens is 4. The van der Waals surface area contributed by atoms with E-state index in [0.717, 1.165) is 0 Å². The van der Waals surface area contributed by atoms with E-state index >= 15 is 0 Å². The zero-order valence-electron chi connectivity index (χ0n) is 13.2. The molecule has 0 spiro atoms. The van der Waals surface area contributed by atoms with Crippen molar-refractivity contribution in [2.24, 2.45) is 0 Å². The van der Waals surface area contributed by atoms with Gasteiger partial charge in [-0.15, -0.1) is 0 Å². The van der Waals surface area contributed by atoms with Crippen LogP contribution in [-0.2, 0) is 5.54 Å². The second-order valence-electron chi connectivity index (χ2n) is 6.57. The smallest absolute Gasteiger partial charge is 0.304 e. The summed E-state index contributed by atoms with van der Waals surface area (Å²) < 4.78 is 1.76. The number of aromatic amines is 1. The van der Waals surface area contributed by atoms with Gasteiger partial charge in [0.15, 0.2) is 5.65 Å². The maximum Gasteiger partial charge on any atom is 0.304 e. The predicted octanol–water partition coefficient (Wildman–Crippen LogP) is -0.468. The van der Waals surface area contributed by atoms with Crippen LogP contribution in [0.25, 0.3) is 11.0 Å². The van der Waals surface area contributed by atoms with Crippen molar-refractivity contribution >= 4 is 25.0 Å². The van der Waals surface area contributed by atoms with E-state index in [0.29, 0.717) is 29.9 Å². The maximum absolute atomic E-state index is 12.2. The van der Waals surface area contributed by atoms with Gasteiger partial charge in [-0.2, -0.15) is 5.10 Å². The molecule has 0 aliphatic carbocycles. The molecule has 0 radical (unpaired) electrons. The first-order valence-corrected chi connectivity index (χ1v) is 7.26. The van der Waals surface area contributed by atoms with Crippen LogP contribution in [0.1, 0.15) is 32.5 Å². The number of fused-ring (bicyclic) bond motifs is 1. The molecule has 0 bridgehead atoms. The van der Waals surface area contributed by atoms with Gasteiger partial charge in [0, 0.05) is 13.1 Å². The third-order valence-electron chi connectivity index (χ3n) is 3.86. The van der Waals surface area contributed by atoms with E-state index in [4.69, 9.17) is 0 Å². The number of hydrogen-bond donors (Lipinski definition) is 2. The van der Waals surface area contributed by atoms with Crippen molar-refractivity contribution in [3.8, 4) is 0 Å². The third-order valence-corrected chi connectivity index (χ3v) is 3.86. The summed E-state index contributed by atoms with van der Waals surface area (Å²) in [4.78, 5) is 32.8. The van der Waals surface area contributed by atoms with Crippen LogP contribution in [0.3, 0.4) is 0 Å². The number of nitrogens with one attached hydrogen (secondary N) is 2. The largest absolute Gasteiger partial charge is 0.388 e.